The molecule has 0 aromatic heterocycles. The summed E-state index contributed by atoms with van der Waals surface area (Å²) in [5.41, 5.74) is 0.741. The summed E-state index contributed by atoms with van der Waals surface area (Å²) in [5, 5.41) is 8.37. The summed E-state index contributed by atoms with van der Waals surface area (Å²) in [7, 11) is 0. The number of hydrogen-bond acceptors (Lipinski definition) is 1. The molecule has 0 heterocycles. The lowest BCUT2D eigenvalue weighted by atomic mass is 10.0. The van der Waals surface area contributed by atoms with Crippen LogP contribution in [0.2, 0.25) is 0 Å². The maximum absolute atomic E-state index is 12.3. The third kappa shape index (κ3) is 2.98. The van der Waals surface area contributed by atoms with Crippen molar-refractivity contribution in [3.8, 4) is 6.07 Å². The van der Waals surface area contributed by atoms with Gasteiger partial charge in [-0.25, -0.2) is 0 Å². The van der Waals surface area contributed by atoms with E-state index >= 15 is 0 Å². The van der Waals surface area contributed by atoms with E-state index < -0.39 is 11.7 Å². The summed E-state index contributed by atoms with van der Waals surface area (Å²) in [5.74, 6) is 0. The van der Waals surface area contributed by atoms with Crippen molar-refractivity contribution in [2.75, 3.05) is 0 Å². The molecule has 0 fully saturated rings. The molecule has 0 saturated heterocycles. The van der Waals surface area contributed by atoms with Gasteiger partial charge in [-0.15, -0.1) is 0 Å². The smallest absolute Gasteiger partial charge is 0.198 e. The third-order valence-corrected chi connectivity index (χ3v) is 2.18. The highest BCUT2D eigenvalue weighted by atomic mass is 19.4. The topological polar surface area (TPSA) is 23.8 Å². The zero-order valence-corrected chi connectivity index (χ0v) is 8.23. The van der Waals surface area contributed by atoms with Crippen molar-refractivity contribution in [2.45, 2.75) is 25.9 Å². The lowest BCUT2D eigenvalue weighted by Crippen LogP contribution is -2.05. The van der Waals surface area contributed by atoms with E-state index in [4.69, 9.17) is 5.26 Å². The van der Waals surface area contributed by atoms with Gasteiger partial charge in [0.25, 0.3) is 0 Å². The molecule has 0 radical (unpaired) electrons. The number of benzene rings is 1. The quantitative estimate of drug-likeness (QED) is 0.737. The predicted molar refractivity (Wildman–Crippen MR) is 50.1 cm³/mol. The number of halogens is 3. The van der Waals surface area contributed by atoms with Crippen LogP contribution in [0.5, 0.6) is 0 Å². The van der Waals surface area contributed by atoms with Gasteiger partial charge in [0.05, 0.1) is 11.6 Å². The first-order valence-corrected chi connectivity index (χ1v) is 4.49. The number of nitrogens with zero attached hydrogens (tertiary/aromatic N) is 1. The predicted octanol–water partition coefficient (Wildman–Crippen LogP) is 3.47. The van der Waals surface area contributed by atoms with Crippen molar-refractivity contribution in [3.63, 3.8) is 0 Å². The van der Waals surface area contributed by atoms with Gasteiger partial charge in [0.2, 0.25) is 0 Å². The van der Waals surface area contributed by atoms with Crippen molar-refractivity contribution in [1.82, 2.24) is 0 Å². The number of nitriles is 1. The van der Waals surface area contributed by atoms with Gasteiger partial charge in [0.1, 0.15) is 0 Å². The zero-order chi connectivity index (χ0) is 11.5. The SMILES string of the molecule is Cc1cc(C(F)(F)F)ccc1CCC#N. The minimum atomic E-state index is -4.29. The molecule has 0 spiro atoms. The fourth-order valence-corrected chi connectivity index (χ4v) is 1.34. The van der Waals surface area contributed by atoms with Crippen molar-refractivity contribution in [1.29, 1.82) is 5.26 Å². The lowest BCUT2D eigenvalue weighted by molar-refractivity contribution is -0.137. The lowest BCUT2D eigenvalue weighted by Gasteiger charge is -2.09. The van der Waals surface area contributed by atoms with E-state index in [1.807, 2.05) is 6.07 Å². The minimum absolute atomic E-state index is 0.326. The van der Waals surface area contributed by atoms with Gasteiger partial charge in [-0.2, -0.15) is 18.4 Å². The van der Waals surface area contributed by atoms with Crippen LogP contribution in [-0.4, -0.2) is 0 Å². The maximum atomic E-state index is 12.3. The molecule has 1 rings (SSSR count). The average molecular weight is 213 g/mol. The van der Waals surface area contributed by atoms with E-state index in [1.54, 1.807) is 6.92 Å². The largest absolute Gasteiger partial charge is 0.416 e. The Bertz CT molecular complexity index is 388. The van der Waals surface area contributed by atoms with Crippen LogP contribution < -0.4 is 0 Å². The van der Waals surface area contributed by atoms with E-state index in [9.17, 15) is 13.2 Å². The normalized spacial score (nSPS) is 11.1. The summed E-state index contributed by atoms with van der Waals surface area (Å²) in [4.78, 5) is 0. The van der Waals surface area contributed by atoms with Gasteiger partial charge in [-0.3, -0.25) is 0 Å². The fraction of sp³-hybridized carbons (Fsp3) is 0.364. The molecule has 80 valence electrons. The van der Waals surface area contributed by atoms with Crippen LogP contribution in [-0.2, 0) is 12.6 Å². The molecule has 0 saturated carbocycles. The number of alkyl halides is 3. The van der Waals surface area contributed by atoms with Gasteiger partial charge >= 0.3 is 6.18 Å². The van der Waals surface area contributed by atoms with Gasteiger partial charge in [-0.1, -0.05) is 6.07 Å². The molecule has 15 heavy (non-hydrogen) atoms. The van der Waals surface area contributed by atoms with Crippen LogP contribution >= 0.6 is 0 Å². The van der Waals surface area contributed by atoms with Crippen LogP contribution in [0.1, 0.15) is 23.1 Å². The Labute approximate surface area is 86.1 Å². The van der Waals surface area contributed by atoms with Gasteiger partial charge in [-0.05, 0) is 36.6 Å². The van der Waals surface area contributed by atoms with Crippen LogP contribution in [0.4, 0.5) is 13.2 Å². The van der Waals surface area contributed by atoms with Gasteiger partial charge in [0, 0.05) is 6.42 Å². The number of hydrogen-bond donors (Lipinski definition) is 0. The summed E-state index contributed by atoms with van der Waals surface area (Å²) in [6, 6.07) is 5.58. The molecule has 0 N–H and O–H groups in total. The van der Waals surface area contributed by atoms with E-state index in [1.165, 1.54) is 6.07 Å². The number of rotatable bonds is 2. The molecule has 1 aromatic carbocycles. The van der Waals surface area contributed by atoms with Crippen molar-refractivity contribution < 1.29 is 13.2 Å². The summed E-state index contributed by atoms with van der Waals surface area (Å²) in [6.45, 7) is 1.63. The Morgan fingerprint density at radius 3 is 2.47 bits per heavy atom. The molecule has 0 unspecified atom stereocenters. The Morgan fingerprint density at radius 2 is 2.00 bits per heavy atom. The standard InChI is InChI=1S/C11H10F3N/c1-8-7-10(11(12,13)14)5-4-9(8)3-2-6-15/h4-5,7H,2-3H2,1H3. The summed E-state index contributed by atoms with van der Waals surface area (Å²) >= 11 is 0. The second-order valence-corrected chi connectivity index (χ2v) is 3.30. The Kier molecular flexibility index (Phi) is 3.35. The second kappa shape index (κ2) is 4.35. The van der Waals surface area contributed by atoms with Gasteiger partial charge in [0.15, 0.2) is 0 Å². The molecule has 0 amide bonds. The highest BCUT2D eigenvalue weighted by Crippen LogP contribution is 2.30. The molecule has 0 aliphatic heterocycles. The first-order chi connectivity index (χ1) is 6.95. The molecule has 0 aliphatic carbocycles. The van der Waals surface area contributed by atoms with Crippen molar-refractivity contribution in [3.05, 3.63) is 34.9 Å². The summed E-state index contributed by atoms with van der Waals surface area (Å²) in [6.07, 6.45) is -3.47. The molecule has 0 bridgehead atoms. The molecule has 0 atom stereocenters. The first-order valence-electron chi connectivity index (χ1n) is 4.49. The first kappa shape index (κ1) is 11.6. The van der Waals surface area contributed by atoms with Crippen LogP contribution in [0.25, 0.3) is 0 Å². The molecule has 0 aliphatic rings. The third-order valence-electron chi connectivity index (χ3n) is 2.18. The van der Waals surface area contributed by atoms with Crippen LogP contribution in [0.3, 0.4) is 0 Å². The van der Waals surface area contributed by atoms with E-state index in [0.717, 1.165) is 17.7 Å². The molecule has 1 nitrogen and oxygen atoms in total. The Morgan fingerprint density at radius 1 is 1.33 bits per heavy atom. The van der Waals surface area contributed by atoms with E-state index in [2.05, 4.69) is 0 Å². The Balaban J connectivity index is 2.94. The minimum Gasteiger partial charge on any atom is -0.198 e. The molecule has 1 aromatic rings. The maximum Gasteiger partial charge on any atom is 0.416 e. The molecule has 4 heteroatoms. The Hall–Kier alpha value is -1.50. The zero-order valence-electron chi connectivity index (χ0n) is 8.23. The molecular weight excluding hydrogens is 203 g/mol. The van der Waals surface area contributed by atoms with Crippen LogP contribution in [0.15, 0.2) is 18.2 Å². The second-order valence-electron chi connectivity index (χ2n) is 3.30. The van der Waals surface area contributed by atoms with E-state index in [0.29, 0.717) is 18.4 Å². The van der Waals surface area contributed by atoms with Crippen molar-refractivity contribution in [2.24, 2.45) is 0 Å². The summed E-state index contributed by atoms with van der Waals surface area (Å²) < 4.78 is 36.9. The van der Waals surface area contributed by atoms with Crippen LogP contribution in [0, 0.1) is 18.3 Å². The van der Waals surface area contributed by atoms with Gasteiger partial charge < -0.3 is 0 Å². The average Bonchev–Trinajstić information content (AvgIpc) is 2.14. The van der Waals surface area contributed by atoms with E-state index in [-0.39, 0.29) is 0 Å². The fourth-order valence-electron chi connectivity index (χ4n) is 1.34. The monoisotopic (exact) mass is 213 g/mol. The highest BCUT2D eigenvalue weighted by molar-refractivity contribution is 5.32. The number of aryl methyl sites for hydroxylation is 2. The highest BCUT2D eigenvalue weighted by Gasteiger charge is 2.30. The molecular formula is C11H10F3N. The van der Waals surface area contributed by atoms with Crippen molar-refractivity contribution >= 4 is 0 Å².